The van der Waals surface area contributed by atoms with Gasteiger partial charge in [-0.2, -0.15) is 5.10 Å². The van der Waals surface area contributed by atoms with Crippen LogP contribution in [-0.4, -0.2) is 15.8 Å². The van der Waals surface area contributed by atoms with Gasteiger partial charge in [-0.3, -0.25) is 4.79 Å². The molecule has 0 bridgehead atoms. The second kappa shape index (κ2) is 6.44. The number of nitrogens with one attached hydrogen (secondary N) is 1. The van der Waals surface area contributed by atoms with E-state index in [0.717, 1.165) is 16.8 Å². The molecule has 0 amide bonds. The molecule has 3 rings (SSSR count). The third-order valence-corrected chi connectivity index (χ3v) is 3.81. The molecule has 1 aliphatic rings. The van der Waals surface area contributed by atoms with Crippen molar-refractivity contribution in [2.75, 3.05) is 0 Å². The number of rotatable bonds is 6. The molecule has 22 heavy (non-hydrogen) atoms. The monoisotopic (exact) mass is 297 g/mol. The van der Waals surface area contributed by atoms with Crippen molar-refractivity contribution in [3.05, 3.63) is 52.3 Å². The van der Waals surface area contributed by atoms with Crippen molar-refractivity contribution in [1.82, 2.24) is 15.1 Å². The van der Waals surface area contributed by atoms with Gasteiger partial charge in [-0.05, 0) is 24.8 Å². The standard InChI is InChI=1S/C18H23N3O/c1-13(2)12-21-18(22)15(11-19-16-8-9-16)10-17(20-21)14-6-4-3-5-7-14/h3-7,10,13,16,19H,8-9,11-12H2,1-2H3. The molecule has 1 N–H and O–H groups in total. The van der Waals surface area contributed by atoms with Crippen LogP contribution in [0.1, 0.15) is 32.3 Å². The van der Waals surface area contributed by atoms with Gasteiger partial charge in [0.25, 0.3) is 5.56 Å². The summed E-state index contributed by atoms with van der Waals surface area (Å²) in [5.74, 6) is 0.389. The molecule has 4 nitrogen and oxygen atoms in total. The summed E-state index contributed by atoms with van der Waals surface area (Å²) in [7, 11) is 0. The second-order valence-corrected chi connectivity index (χ2v) is 6.46. The zero-order chi connectivity index (χ0) is 15.5. The molecule has 1 aromatic carbocycles. The van der Waals surface area contributed by atoms with Crippen molar-refractivity contribution >= 4 is 0 Å². The summed E-state index contributed by atoms with van der Waals surface area (Å²) < 4.78 is 1.62. The Labute approximate surface area is 131 Å². The van der Waals surface area contributed by atoms with Gasteiger partial charge >= 0.3 is 0 Å². The zero-order valence-corrected chi connectivity index (χ0v) is 13.2. The van der Waals surface area contributed by atoms with Crippen LogP contribution >= 0.6 is 0 Å². The molecule has 0 unspecified atom stereocenters. The summed E-state index contributed by atoms with van der Waals surface area (Å²) in [6, 6.07) is 12.6. The number of hydrogen-bond acceptors (Lipinski definition) is 3. The fourth-order valence-corrected chi connectivity index (χ4v) is 2.48. The van der Waals surface area contributed by atoms with E-state index >= 15 is 0 Å². The molecule has 1 heterocycles. The molecule has 1 aliphatic carbocycles. The first-order valence-electron chi connectivity index (χ1n) is 8.03. The summed E-state index contributed by atoms with van der Waals surface area (Å²) >= 11 is 0. The highest BCUT2D eigenvalue weighted by molar-refractivity contribution is 5.58. The van der Waals surface area contributed by atoms with Crippen LogP contribution in [0.15, 0.2) is 41.2 Å². The van der Waals surface area contributed by atoms with Crippen molar-refractivity contribution in [2.45, 2.75) is 45.8 Å². The molecular weight excluding hydrogens is 274 g/mol. The highest BCUT2D eigenvalue weighted by Crippen LogP contribution is 2.20. The first-order valence-corrected chi connectivity index (χ1v) is 8.03. The average molecular weight is 297 g/mol. The lowest BCUT2D eigenvalue weighted by molar-refractivity contribution is 0.461. The second-order valence-electron chi connectivity index (χ2n) is 6.46. The van der Waals surface area contributed by atoms with Crippen LogP contribution < -0.4 is 10.9 Å². The lowest BCUT2D eigenvalue weighted by Crippen LogP contribution is -2.31. The Bertz CT molecular complexity index is 687. The first-order chi connectivity index (χ1) is 10.6. The summed E-state index contributed by atoms with van der Waals surface area (Å²) in [4.78, 5) is 12.6. The summed E-state index contributed by atoms with van der Waals surface area (Å²) in [5.41, 5.74) is 2.75. The first kappa shape index (κ1) is 15.0. The van der Waals surface area contributed by atoms with Gasteiger partial charge in [0.05, 0.1) is 5.69 Å². The molecule has 0 saturated heterocycles. The van der Waals surface area contributed by atoms with E-state index in [1.807, 2.05) is 36.4 Å². The highest BCUT2D eigenvalue weighted by Gasteiger charge is 2.21. The molecule has 0 radical (unpaired) electrons. The minimum Gasteiger partial charge on any atom is -0.310 e. The largest absolute Gasteiger partial charge is 0.310 e. The quantitative estimate of drug-likeness (QED) is 0.892. The number of aromatic nitrogens is 2. The zero-order valence-electron chi connectivity index (χ0n) is 13.2. The lowest BCUT2D eigenvalue weighted by atomic mass is 10.1. The topological polar surface area (TPSA) is 46.9 Å². The van der Waals surface area contributed by atoms with E-state index in [2.05, 4.69) is 24.3 Å². The van der Waals surface area contributed by atoms with E-state index in [9.17, 15) is 4.79 Å². The maximum Gasteiger partial charge on any atom is 0.271 e. The van der Waals surface area contributed by atoms with E-state index in [4.69, 9.17) is 0 Å². The Hall–Kier alpha value is -1.94. The van der Waals surface area contributed by atoms with Gasteiger partial charge in [0.1, 0.15) is 0 Å². The molecule has 1 fully saturated rings. The Balaban J connectivity index is 1.97. The van der Waals surface area contributed by atoms with Crippen LogP contribution in [0.3, 0.4) is 0 Å². The third kappa shape index (κ3) is 3.63. The maximum absolute atomic E-state index is 12.6. The normalized spacial score (nSPS) is 14.5. The van der Waals surface area contributed by atoms with E-state index < -0.39 is 0 Å². The predicted molar refractivity (Wildman–Crippen MR) is 88.6 cm³/mol. The van der Waals surface area contributed by atoms with E-state index in [0.29, 0.717) is 25.0 Å². The molecule has 4 heteroatoms. The van der Waals surface area contributed by atoms with Gasteiger partial charge in [-0.25, -0.2) is 4.68 Å². The van der Waals surface area contributed by atoms with Gasteiger partial charge in [0, 0.05) is 30.3 Å². The van der Waals surface area contributed by atoms with Crippen molar-refractivity contribution in [3.63, 3.8) is 0 Å². The van der Waals surface area contributed by atoms with Gasteiger partial charge in [-0.15, -0.1) is 0 Å². The Kier molecular flexibility index (Phi) is 4.39. The highest BCUT2D eigenvalue weighted by atomic mass is 16.1. The van der Waals surface area contributed by atoms with Gasteiger partial charge in [0.2, 0.25) is 0 Å². The van der Waals surface area contributed by atoms with Crippen molar-refractivity contribution in [3.8, 4) is 11.3 Å². The fourth-order valence-electron chi connectivity index (χ4n) is 2.48. The van der Waals surface area contributed by atoms with Crippen molar-refractivity contribution in [2.24, 2.45) is 5.92 Å². The van der Waals surface area contributed by atoms with E-state index in [-0.39, 0.29) is 5.56 Å². The van der Waals surface area contributed by atoms with E-state index in [1.165, 1.54) is 12.8 Å². The van der Waals surface area contributed by atoms with Gasteiger partial charge in [0.15, 0.2) is 0 Å². The maximum atomic E-state index is 12.6. The van der Waals surface area contributed by atoms with Crippen LogP contribution in [0.4, 0.5) is 0 Å². The lowest BCUT2D eigenvalue weighted by Gasteiger charge is -2.13. The minimum atomic E-state index is 0.0292. The number of nitrogens with zero attached hydrogens (tertiary/aromatic N) is 2. The third-order valence-electron chi connectivity index (χ3n) is 3.81. The molecule has 0 spiro atoms. The van der Waals surface area contributed by atoms with Crippen LogP contribution in [-0.2, 0) is 13.1 Å². The molecule has 0 aliphatic heterocycles. The summed E-state index contributed by atoms with van der Waals surface area (Å²) in [6.07, 6.45) is 2.44. The molecule has 116 valence electrons. The fraction of sp³-hybridized carbons (Fsp3) is 0.444. The van der Waals surface area contributed by atoms with Gasteiger partial charge < -0.3 is 5.32 Å². The van der Waals surface area contributed by atoms with Crippen molar-refractivity contribution in [1.29, 1.82) is 0 Å². The molecule has 1 saturated carbocycles. The molecule has 1 aromatic heterocycles. The van der Waals surface area contributed by atoms with Crippen LogP contribution in [0.5, 0.6) is 0 Å². The average Bonchev–Trinajstić information content (AvgIpc) is 3.33. The van der Waals surface area contributed by atoms with Crippen LogP contribution in [0.25, 0.3) is 11.3 Å². The number of benzene rings is 1. The molecule has 0 atom stereocenters. The predicted octanol–water partition coefficient (Wildman–Crippen LogP) is 2.82. The molecule has 2 aromatic rings. The minimum absolute atomic E-state index is 0.0292. The van der Waals surface area contributed by atoms with Gasteiger partial charge in [-0.1, -0.05) is 44.2 Å². The SMILES string of the molecule is CC(C)Cn1nc(-c2ccccc2)cc(CNC2CC2)c1=O. The van der Waals surface area contributed by atoms with Crippen molar-refractivity contribution < 1.29 is 0 Å². The smallest absolute Gasteiger partial charge is 0.271 e. The Morgan fingerprint density at radius 2 is 2.00 bits per heavy atom. The Morgan fingerprint density at radius 3 is 2.64 bits per heavy atom. The summed E-state index contributed by atoms with van der Waals surface area (Å²) in [5, 5.41) is 7.99. The van der Waals surface area contributed by atoms with Crippen LogP contribution in [0, 0.1) is 5.92 Å². The summed E-state index contributed by atoms with van der Waals surface area (Å²) in [6.45, 7) is 5.48. The molecular formula is C18H23N3O. The van der Waals surface area contributed by atoms with E-state index in [1.54, 1.807) is 4.68 Å². The number of hydrogen-bond donors (Lipinski definition) is 1. The van der Waals surface area contributed by atoms with Crippen LogP contribution in [0.2, 0.25) is 0 Å². The Morgan fingerprint density at radius 1 is 1.27 bits per heavy atom.